The fourth-order valence-corrected chi connectivity index (χ4v) is 2.18. The zero-order valence-electron chi connectivity index (χ0n) is 14.5. The fraction of sp³-hybridized carbons (Fsp3) is 0.412. The van der Waals surface area contributed by atoms with Crippen molar-refractivity contribution >= 4 is 17.5 Å². The first kappa shape index (κ1) is 19.0. The van der Waals surface area contributed by atoms with E-state index in [-0.39, 0.29) is 11.8 Å². The van der Waals surface area contributed by atoms with Crippen LogP contribution in [0.3, 0.4) is 0 Å². The summed E-state index contributed by atoms with van der Waals surface area (Å²) >= 11 is 0. The maximum absolute atomic E-state index is 13.1. The maximum atomic E-state index is 13.1. The summed E-state index contributed by atoms with van der Waals surface area (Å²) < 4.78 is 39.3. The average Bonchev–Trinajstić information content (AvgIpc) is 2.53. The molecular formula is C17H22F3N5. The minimum absolute atomic E-state index is 0.0373. The van der Waals surface area contributed by atoms with E-state index in [1.807, 2.05) is 44.1 Å². The summed E-state index contributed by atoms with van der Waals surface area (Å²) in [6.07, 6.45) is -3.77. The molecule has 2 rings (SSSR count). The van der Waals surface area contributed by atoms with Crippen LogP contribution in [0.15, 0.2) is 30.3 Å². The van der Waals surface area contributed by atoms with Crippen molar-refractivity contribution in [2.24, 2.45) is 0 Å². The zero-order valence-corrected chi connectivity index (χ0v) is 14.5. The quantitative estimate of drug-likeness (QED) is 0.739. The number of rotatable bonds is 7. The molecule has 0 spiro atoms. The van der Waals surface area contributed by atoms with Gasteiger partial charge >= 0.3 is 6.18 Å². The molecule has 0 saturated heterocycles. The summed E-state index contributed by atoms with van der Waals surface area (Å²) in [5.74, 6) is 0.0661. The van der Waals surface area contributed by atoms with E-state index in [0.717, 1.165) is 24.6 Å². The highest BCUT2D eigenvalue weighted by Crippen LogP contribution is 2.30. The van der Waals surface area contributed by atoms with Gasteiger partial charge in [0.25, 0.3) is 0 Å². The minimum Gasteiger partial charge on any atom is -0.354 e. The Balaban J connectivity index is 2.20. The maximum Gasteiger partial charge on any atom is 0.433 e. The highest BCUT2D eigenvalue weighted by Gasteiger charge is 2.33. The van der Waals surface area contributed by atoms with Crippen LogP contribution >= 0.6 is 0 Å². The lowest BCUT2D eigenvalue weighted by molar-refractivity contribution is -0.141. The van der Waals surface area contributed by atoms with Gasteiger partial charge in [-0.3, -0.25) is 0 Å². The van der Waals surface area contributed by atoms with Crippen LogP contribution in [-0.2, 0) is 6.18 Å². The second-order valence-electron chi connectivity index (χ2n) is 5.98. The molecule has 2 N–H and O–H groups in total. The Bertz CT molecular complexity index is 701. The topological polar surface area (TPSA) is 53.1 Å². The van der Waals surface area contributed by atoms with Crippen molar-refractivity contribution in [2.75, 3.05) is 37.8 Å². The van der Waals surface area contributed by atoms with Crippen LogP contribution in [0, 0.1) is 6.92 Å². The molecule has 0 radical (unpaired) electrons. The van der Waals surface area contributed by atoms with E-state index in [4.69, 9.17) is 0 Å². The first-order valence-electron chi connectivity index (χ1n) is 7.93. The lowest BCUT2D eigenvalue weighted by Crippen LogP contribution is -2.18. The lowest BCUT2D eigenvalue weighted by Gasteiger charge is -2.14. The van der Waals surface area contributed by atoms with Crippen molar-refractivity contribution in [3.8, 4) is 0 Å². The third-order valence-electron chi connectivity index (χ3n) is 3.49. The predicted octanol–water partition coefficient (Wildman–Crippen LogP) is 3.91. The molecule has 0 aliphatic carbocycles. The highest BCUT2D eigenvalue weighted by atomic mass is 19.4. The smallest absolute Gasteiger partial charge is 0.354 e. The van der Waals surface area contributed by atoms with Crippen LogP contribution < -0.4 is 10.6 Å². The molecule has 2 aromatic rings. The molecule has 0 fully saturated rings. The predicted molar refractivity (Wildman–Crippen MR) is 93.2 cm³/mol. The Morgan fingerprint density at radius 3 is 2.48 bits per heavy atom. The molecule has 8 heteroatoms. The number of hydrogen-bond donors (Lipinski definition) is 2. The Kier molecular flexibility index (Phi) is 6.19. The van der Waals surface area contributed by atoms with Gasteiger partial charge in [-0.15, -0.1) is 0 Å². The molecule has 0 aliphatic rings. The van der Waals surface area contributed by atoms with Crippen LogP contribution in [0.4, 0.5) is 30.6 Å². The Morgan fingerprint density at radius 2 is 1.84 bits per heavy atom. The van der Waals surface area contributed by atoms with Crippen molar-refractivity contribution in [1.82, 2.24) is 14.9 Å². The monoisotopic (exact) mass is 353 g/mol. The van der Waals surface area contributed by atoms with E-state index in [1.54, 1.807) is 6.07 Å². The molecule has 5 nitrogen and oxygen atoms in total. The van der Waals surface area contributed by atoms with E-state index in [2.05, 4.69) is 20.6 Å². The fourth-order valence-electron chi connectivity index (χ4n) is 2.18. The summed E-state index contributed by atoms with van der Waals surface area (Å²) in [6.45, 7) is 3.18. The number of nitrogens with one attached hydrogen (secondary N) is 2. The first-order valence-corrected chi connectivity index (χ1v) is 7.93. The summed E-state index contributed by atoms with van der Waals surface area (Å²) in [4.78, 5) is 9.74. The van der Waals surface area contributed by atoms with E-state index in [1.165, 1.54) is 0 Å². The van der Waals surface area contributed by atoms with Crippen molar-refractivity contribution in [3.05, 3.63) is 41.6 Å². The lowest BCUT2D eigenvalue weighted by atomic mass is 10.2. The van der Waals surface area contributed by atoms with E-state index >= 15 is 0 Å². The largest absolute Gasteiger partial charge is 0.433 e. The first-order chi connectivity index (χ1) is 11.8. The van der Waals surface area contributed by atoms with Gasteiger partial charge in [-0.05, 0) is 45.6 Å². The van der Waals surface area contributed by atoms with Crippen molar-refractivity contribution in [1.29, 1.82) is 0 Å². The molecule has 0 amide bonds. The van der Waals surface area contributed by atoms with E-state index in [0.29, 0.717) is 12.2 Å². The normalized spacial score (nSPS) is 11.6. The summed E-state index contributed by atoms with van der Waals surface area (Å²) in [5, 5.41) is 5.80. The van der Waals surface area contributed by atoms with E-state index < -0.39 is 11.9 Å². The van der Waals surface area contributed by atoms with Crippen molar-refractivity contribution < 1.29 is 13.2 Å². The van der Waals surface area contributed by atoms with Gasteiger partial charge in [0.2, 0.25) is 5.95 Å². The second-order valence-corrected chi connectivity index (χ2v) is 5.98. The van der Waals surface area contributed by atoms with Gasteiger partial charge in [0.05, 0.1) is 0 Å². The minimum atomic E-state index is -4.54. The molecule has 1 aromatic heterocycles. The molecule has 0 bridgehead atoms. The SMILES string of the molecule is Cc1ccccc1Nc1cc(C(F)(F)F)nc(NCCCN(C)C)n1. The Hall–Kier alpha value is -2.35. The summed E-state index contributed by atoms with van der Waals surface area (Å²) in [7, 11) is 3.87. The number of para-hydroxylation sites is 1. The second kappa shape index (κ2) is 8.15. The molecule has 136 valence electrons. The molecule has 0 aliphatic heterocycles. The van der Waals surface area contributed by atoms with Gasteiger partial charge in [0.15, 0.2) is 5.69 Å². The Morgan fingerprint density at radius 1 is 1.12 bits per heavy atom. The van der Waals surface area contributed by atoms with Gasteiger partial charge in [-0.1, -0.05) is 18.2 Å². The van der Waals surface area contributed by atoms with Crippen LogP contribution in [-0.4, -0.2) is 42.1 Å². The number of hydrogen-bond acceptors (Lipinski definition) is 5. The summed E-state index contributed by atoms with van der Waals surface area (Å²) in [6, 6.07) is 8.24. The number of halogens is 3. The van der Waals surface area contributed by atoms with Crippen molar-refractivity contribution in [3.63, 3.8) is 0 Å². The Labute approximate surface area is 145 Å². The molecule has 0 saturated carbocycles. The molecule has 1 aromatic carbocycles. The standard InChI is InChI=1S/C17H22F3N5/c1-12-7-4-5-8-13(12)22-15-11-14(17(18,19)20)23-16(24-15)21-9-6-10-25(2)3/h4-5,7-8,11H,6,9-10H2,1-3H3,(H2,21,22,23,24). The number of alkyl halides is 3. The van der Waals surface area contributed by atoms with Gasteiger partial charge in [0.1, 0.15) is 5.82 Å². The van der Waals surface area contributed by atoms with Crippen LogP contribution in [0.25, 0.3) is 0 Å². The van der Waals surface area contributed by atoms with Crippen LogP contribution in [0.2, 0.25) is 0 Å². The molecular weight excluding hydrogens is 331 g/mol. The van der Waals surface area contributed by atoms with E-state index in [9.17, 15) is 13.2 Å². The molecule has 25 heavy (non-hydrogen) atoms. The van der Waals surface area contributed by atoms with Gasteiger partial charge in [-0.25, -0.2) is 4.98 Å². The van der Waals surface area contributed by atoms with Crippen molar-refractivity contribution in [2.45, 2.75) is 19.5 Å². The van der Waals surface area contributed by atoms with Gasteiger partial charge in [0, 0.05) is 18.3 Å². The molecule has 0 unspecified atom stereocenters. The summed E-state index contributed by atoms with van der Waals surface area (Å²) in [5.41, 5.74) is 0.636. The molecule has 0 atom stereocenters. The van der Waals surface area contributed by atoms with Gasteiger partial charge < -0.3 is 15.5 Å². The number of aromatic nitrogens is 2. The third kappa shape index (κ3) is 5.90. The van der Waals surface area contributed by atoms with Crippen LogP contribution in [0.1, 0.15) is 17.7 Å². The highest BCUT2D eigenvalue weighted by molar-refractivity contribution is 5.61. The number of benzene rings is 1. The number of anilines is 3. The van der Waals surface area contributed by atoms with Gasteiger partial charge in [-0.2, -0.15) is 18.2 Å². The number of nitrogens with zero attached hydrogens (tertiary/aromatic N) is 3. The third-order valence-corrected chi connectivity index (χ3v) is 3.49. The average molecular weight is 353 g/mol. The number of aryl methyl sites for hydroxylation is 1. The zero-order chi connectivity index (χ0) is 18.4. The van der Waals surface area contributed by atoms with Crippen LogP contribution in [0.5, 0.6) is 0 Å². The molecule has 1 heterocycles.